The molecule has 0 amide bonds. The molecule has 0 fully saturated rings. The number of benzene rings is 1. The Morgan fingerprint density at radius 2 is 1.79 bits per heavy atom. The fourth-order valence-electron chi connectivity index (χ4n) is 2.14. The van der Waals surface area contributed by atoms with Gasteiger partial charge in [0.2, 0.25) is 0 Å². The summed E-state index contributed by atoms with van der Waals surface area (Å²) in [5.74, 6) is 0.674. The zero-order valence-electron chi connectivity index (χ0n) is 13.0. The lowest BCUT2D eigenvalue weighted by molar-refractivity contribution is 0.489. The molecule has 0 saturated carbocycles. The summed E-state index contributed by atoms with van der Waals surface area (Å²) in [4.78, 5) is 0. The monoisotopic (exact) mass is 262 g/mol. The SMILES string of the molecule is CC(CCN)CNCCc1ccc(C(C)(C)C)cc1. The normalized spacial score (nSPS) is 13.5. The predicted octanol–water partition coefficient (Wildman–Crippen LogP) is 3.10. The number of nitrogens with two attached hydrogens (primary N) is 1. The zero-order chi connectivity index (χ0) is 14.3. The Morgan fingerprint density at radius 1 is 1.16 bits per heavy atom. The van der Waals surface area contributed by atoms with E-state index in [-0.39, 0.29) is 5.41 Å². The lowest BCUT2D eigenvalue weighted by atomic mass is 9.86. The number of rotatable bonds is 7. The van der Waals surface area contributed by atoms with Crippen molar-refractivity contribution in [3.63, 3.8) is 0 Å². The first-order valence-electron chi connectivity index (χ1n) is 7.43. The van der Waals surface area contributed by atoms with Crippen LogP contribution in [-0.4, -0.2) is 19.6 Å². The molecule has 0 saturated heterocycles. The van der Waals surface area contributed by atoms with E-state index in [0.717, 1.165) is 32.5 Å². The molecule has 0 bridgehead atoms. The molecular weight excluding hydrogens is 232 g/mol. The Kier molecular flexibility index (Phi) is 6.53. The van der Waals surface area contributed by atoms with Crippen molar-refractivity contribution < 1.29 is 0 Å². The number of hydrogen-bond acceptors (Lipinski definition) is 2. The van der Waals surface area contributed by atoms with Gasteiger partial charge < -0.3 is 11.1 Å². The molecule has 1 aromatic rings. The van der Waals surface area contributed by atoms with Crippen molar-refractivity contribution in [1.82, 2.24) is 5.32 Å². The van der Waals surface area contributed by atoms with Crippen LogP contribution in [0.25, 0.3) is 0 Å². The molecule has 0 aromatic heterocycles. The minimum absolute atomic E-state index is 0.244. The van der Waals surface area contributed by atoms with Gasteiger partial charge in [0.15, 0.2) is 0 Å². The quantitative estimate of drug-likeness (QED) is 0.741. The van der Waals surface area contributed by atoms with E-state index in [2.05, 4.69) is 57.3 Å². The van der Waals surface area contributed by atoms with Crippen LogP contribution in [0.1, 0.15) is 45.2 Å². The van der Waals surface area contributed by atoms with E-state index in [0.29, 0.717) is 5.92 Å². The van der Waals surface area contributed by atoms with Gasteiger partial charge in [0.25, 0.3) is 0 Å². The maximum absolute atomic E-state index is 5.55. The van der Waals surface area contributed by atoms with E-state index >= 15 is 0 Å². The van der Waals surface area contributed by atoms with Crippen molar-refractivity contribution in [1.29, 1.82) is 0 Å². The topological polar surface area (TPSA) is 38.0 Å². The molecule has 0 radical (unpaired) electrons. The molecule has 0 aliphatic rings. The first-order chi connectivity index (χ1) is 8.93. The molecule has 2 nitrogen and oxygen atoms in total. The zero-order valence-corrected chi connectivity index (χ0v) is 13.0. The summed E-state index contributed by atoms with van der Waals surface area (Å²) in [5.41, 5.74) is 8.60. The summed E-state index contributed by atoms with van der Waals surface area (Å²) in [5, 5.41) is 3.51. The minimum atomic E-state index is 0.244. The summed E-state index contributed by atoms with van der Waals surface area (Å²) in [7, 11) is 0. The van der Waals surface area contributed by atoms with Crippen molar-refractivity contribution in [2.45, 2.75) is 46.0 Å². The van der Waals surface area contributed by atoms with E-state index in [9.17, 15) is 0 Å². The van der Waals surface area contributed by atoms with E-state index in [4.69, 9.17) is 5.73 Å². The van der Waals surface area contributed by atoms with Crippen LogP contribution < -0.4 is 11.1 Å². The van der Waals surface area contributed by atoms with Crippen LogP contribution in [0.15, 0.2) is 24.3 Å². The van der Waals surface area contributed by atoms with Crippen molar-refractivity contribution in [3.8, 4) is 0 Å². The van der Waals surface area contributed by atoms with Crippen molar-refractivity contribution in [2.75, 3.05) is 19.6 Å². The predicted molar refractivity (Wildman–Crippen MR) is 84.6 cm³/mol. The first kappa shape index (κ1) is 16.2. The average molecular weight is 262 g/mol. The fourth-order valence-corrected chi connectivity index (χ4v) is 2.14. The van der Waals surface area contributed by atoms with Crippen molar-refractivity contribution in [3.05, 3.63) is 35.4 Å². The van der Waals surface area contributed by atoms with Gasteiger partial charge in [-0.3, -0.25) is 0 Å². The fraction of sp³-hybridized carbons (Fsp3) is 0.647. The molecule has 0 heterocycles. The minimum Gasteiger partial charge on any atom is -0.330 e. The van der Waals surface area contributed by atoms with Gasteiger partial charge >= 0.3 is 0 Å². The van der Waals surface area contributed by atoms with Crippen LogP contribution in [0.3, 0.4) is 0 Å². The standard InChI is InChI=1S/C17H30N2/c1-14(9-11-18)13-19-12-10-15-5-7-16(8-6-15)17(2,3)4/h5-8,14,19H,9-13,18H2,1-4H3. The van der Waals surface area contributed by atoms with Crippen molar-refractivity contribution in [2.24, 2.45) is 11.7 Å². The van der Waals surface area contributed by atoms with Crippen LogP contribution in [0.5, 0.6) is 0 Å². The third-order valence-corrected chi connectivity index (χ3v) is 3.56. The molecule has 19 heavy (non-hydrogen) atoms. The van der Waals surface area contributed by atoms with Crippen LogP contribution in [0, 0.1) is 5.92 Å². The van der Waals surface area contributed by atoms with Crippen LogP contribution in [0.2, 0.25) is 0 Å². The first-order valence-corrected chi connectivity index (χ1v) is 7.43. The van der Waals surface area contributed by atoms with Crippen molar-refractivity contribution >= 4 is 0 Å². The maximum atomic E-state index is 5.55. The van der Waals surface area contributed by atoms with Crippen LogP contribution in [0.4, 0.5) is 0 Å². The largest absolute Gasteiger partial charge is 0.330 e. The highest BCUT2D eigenvalue weighted by molar-refractivity contribution is 5.27. The van der Waals surface area contributed by atoms with Crippen LogP contribution in [-0.2, 0) is 11.8 Å². The molecule has 0 spiro atoms. The molecule has 1 aromatic carbocycles. The molecule has 2 heteroatoms. The molecule has 0 aliphatic heterocycles. The van der Waals surface area contributed by atoms with Gasteiger partial charge in [-0.1, -0.05) is 52.0 Å². The summed E-state index contributed by atoms with van der Waals surface area (Å²) < 4.78 is 0. The van der Waals surface area contributed by atoms with Gasteiger partial charge in [0.05, 0.1) is 0 Å². The Balaban J connectivity index is 2.31. The Hall–Kier alpha value is -0.860. The summed E-state index contributed by atoms with van der Waals surface area (Å²) in [6, 6.07) is 9.02. The number of hydrogen-bond donors (Lipinski definition) is 2. The molecule has 1 rings (SSSR count). The Bertz CT molecular complexity index is 349. The van der Waals surface area contributed by atoms with Gasteiger partial charge in [-0.15, -0.1) is 0 Å². The average Bonchev–Trinajstić information content (AvgIpc) is 2.34. The third kappa shape index (κ3) is 6.22. The van der Waals surface area contributed by atoms with Gasteiger partial charge in [-0.2, -0.15) is 0 Å². The molecular formula is C17H30N2. The molecule has 1 atom stereocenters. The van der Waals surface area contributed by atoms with Gasteiger partial charge in [-0.25, -0.2) is 0 Å². The maximum Gasteiger partial charge on any atom is -0.000824 e. The van der Waals surface area contributed by atoms with Gasteiger partial charge in [0.1, 0.15) is 0 Å². The van der Waals surface area contributed by atoms with Gasteiger partial charge in [0, 0.05) is 0 Å². The number of nitrogens with one attached hydrogen (secondary N) is 1. The van der Waals surface area contributed by atoms with Crippen LogP contribution >= 0.6 is 0 Å². The highest BCUT2D eigenvalue weighted by Gasteiger charge is 2.12. The highest BCUT2D eigenvalue weighted by Crippen LogP contribution is 2.22. The Morgan fingerprint density at radius 3 is 2.32 bits per heavy atom. The Labute approximate surface area is 118 Å². The smallest absolute Gasteiger partial charge is 0.000824 e. The molecule has 108 valence electrons. The second-order valence-corrected chi connectivity index (χ2v) is 6.58. The third-order valence-electron chi connectivity index (χ3n) is 3.56. The lowest BCUT2D eigenvalue weighted by Crippen LogP contribution is -2.24. The summed E-state index contributed by atoms with van der Waals surface area (Å²) in [6.45, 7) is 11.9. The highest BCUT2D eigenvalue weighted by atomic mass is 14.8. The second-order valence-electron chi connectivity index (χ2n) is 6.58. The summed E-state index contributed by atoms with van der Waals surface area (Å²) in [6.07, 6.45) is 2.20. The molecule has 0 aliphatic carbocycles. The van der Waals surface area contributed by atoms with E-state index in [1.54, 1.807) is 0 Å². The molecule has 3 N–H and O–H groups in total. The second kappa shape index (κ2) is 7.66. The molecule has 1 unspecified atom stereocenters. The van der Waals surface area contributed by atoms with Gasteiger partial charge in [-0.05, 0) is 54.9 Å². The van der Waals surface area contributed by atoms with E-state index < -0.39 is 0 Å². The van der Waals surface area contributed by atoms with E-state index in [1.165, 1.54) is 11.1 Å². The summed E-state index contributed by atoms with van der Waals surface area (Å²) >= 11 is 0. The van der Waals surface area contributed by atoms with E-state index in [1.807, 2.05) is 0 Å². The lowest BCUT2D eigenvalue weighted by Gasteiger charge is -2.19.